The predicted molar refractivity (Wildman–Crippen MR) is 80.3 cm³/mol. The number of fused-ring (bicyclic) bond motifs is 1. The lowest BCUT2D eigenvalue weighted by Crippen LogP contribution is -2.44. The normalized spacial score (nSPS) is 16.9. The lowest BCUT2D eigenvalue weighted by atomic mass is 9.85. The molecule has 4 N–H and O–H groups in total. The Morgan fingerprint density at radius 3 is 2.95 bits per heavy atom. The number of nitrogens with one attached hydrogen (secondary N) is 2. The van der Waals surface area contributed by atoms with Crippen LogP contribution in [0.25, 0.3) is 10.9 Å². The maximum atomic E-state index is 12.0. The molecule has 1 saturated carbocycles. The SMILES string of the molecule is N[C@@H](Cc1c[nH]c2ccccc12)C(=O)NCC1CCC1. The van der Waals surface area contributed by atoms with Crippen LogP contribution in [-0.2, 0) is 11.2 Å². The summed E-state index contributed by atoms with van der Waals surface area (Å²) in [5.41, 5.74) is 8.21. The number of hydrogen-bond donors (Lipinski definition) is 3. The first-order chi connectivity index (χ1) is 9.74. The van der Waals surface area contributed by atoms with E-state index < -0.39 is 6.04 Å². The van der Waals surface area contributed by atoms with Gasteiger partial charge < -0.3 is 16.0 Å². The predicted octanol–water partition coefficient (Wildman–Crippen LogP) is 1.95. The molecular weight excluding hydrogens is 250 g/mol. The van der Waals surface area contributed by atoms with E-state index in [2.05, 4.69) is 16.4 Å². The van der Waals surface area contributed by atoms with E-state index in [1.54, 1.807) is 0 Å². The third-order valence-corrected chi connectivity index (χ3v) is 4.24. The molecule has 0 aliphatic heterocycles. The van der Waals surface area contributed by atoms with Crippen molar-refractivity contribution in [2.75, 3.05) is 6.54 Å². The van der Waals surface area contributed by atoms with Gasteiger partial charge in [-0.15, -0.1) is 0 Å². The molecule has 1 atom stereocenters. The third-order valence-electron chi connectivity index (χ3n) is 4.24. The van der Waals surface area contributed by atoms with Crippen molar-refractivity contribution in [1.29, 1.82) is 0 Å². The molecule has 2 aromatic rings. The average Bonchev–Trinajstić information content (AvgIpc) is 2.80. The summed E-state index contributed by atoms with van der Waals surface area (Å²) in [6, 6.07) is 7.60. The van der Waals surface area contributed by atoms with E-state index in [1.165, 1.54) is 19.3 Å². The van der Waals surface area contributed by atoms with Crippen LogP contribution in [-0.4, -0.2) is 23.5 Å². The van der Waals surface area contributed by atoms with Gasteiger partial charge in [0.25, 0.3) is 0 Å². The van der Waals surface area contributed by atoms with Gasteiger partial charge in [-0.2, -0.15) is 0 Å². The molecule has 0 spiro atoms. The summed E-state index contributed by atoms with van der Waals surface area (Å²) < 4.78 is 0. The standard InChI is InChI=1S/C16H21N3O/c17-14(16(20)19-9-11-4-3-5-11)8-12-10-18-15-7-2-1-6-13(12)15/h1-2,6-7,10-11,14,18H,3-5,8-9,17H2,(H,19,20)/t14-/m0/s1. The number of para-hydroxylation sites is 1. The first-order valence-electron chi connectivity index (χ1n) is 7.32. The Labute approximate surface area is 118 Å². The van der Waals surface area contributed by atoms with Crippen molar-refractivity contribution in [2.45, 2.75) is 31.7 Å². The van der Waals surface area contributed by atoms with Crippen LogP contribution in [0, 0.1) is 5.92 Å². The van der Waals surface area contributed by atoms with Crippen LogP contribution >= 0.6 is 0 Å². The van der Waals surface area contributed by atoms with Gasteiger partial charge in [0.1, 0.15) is 0 Å². The van der Waals surface area contributed by atoms with Crippen molar-refractivity contribution in [2.24, 2.45) is 11.7 Å². The van der Waals surface area contributed by atoms with Gasteiger partial charge in [-0.05, 0) is 36.8 Å². The Morgan fingerprint density at radius 2 is 2.20 bits per heavy atom. The first-order valence-corrected chi connectivity index (χ1v) is 7.32. The fourth-order valence-corrected chi connectivity index (χ4v) is 2.70. The molecule has 20 heavy (non-hydrogen) atoms. The number of hydrogen-bond acceptors (Lipinski definition) is 2. The number of nitrogens with two attached hydrogens (primary N) is 1. The number of benzene rings is 1. The second-order valence-electron chi connectivity index (χ2n) is 5.71. The van der Waals surface area contributed by atoms with Crippen LogP contribution in [0.3, 0.4) is 0 Å². The number of rotatable bonds is 5. The van der Waals surface area contributed by atoms with E-state index in [0.29, 0.717) is 12.3 Å². The topological polar surface area (TPSA) is 70.9 Å². The molecular formula is C16H21N3O. The Morgan fingerprint density at radius 1 is 1.40 bits per heavy atom. The summed E-state index contributed by atoms with van der Waals surface area (Å²) in [5, 5.41) is 4.12. The highest BCUT2D eigenvalue weighted by Gasteiger charge is 2.20. The van der Waals surface area contributed by atoms with Gasteiger partial charge >= 0.3 is 0 Å². The largest absolute Gasteiger partial charge is 0.361 e. The first kappa shape index (κ1) is 13.2. The van der Waals surface area contributed by atoms with Gasteiger partial charge in [0.15, 0.2) is 0 Å². The van der Waals surface area contributed by atoms with Crippen molar-refractivity contribution < 1.29 is 4.79 Å². The molecule has 0 radical (unpaired) electrons. The molecule has 1 amide bonds. The van der Waals surface area contributed by atoms with E-state index in [9.17, 15) is 4.79 Å². The number of carbonyl (C=O) groups is 1. The zero-order valence-electron chi connectivity index (χ0n) is 11.6. The van der Waals surface area contributed by atoms with Crippen LogP contribution in [0.5, 0.6) is 0 Å². The molecule has 1 aliphatic rings. The minimum Gasteiger partial charge on any atom is -0.361 e. The third kappa shape index (κ3) is 2.70. The Hall–Kier alpha value is -1.81. The van der Waals surface area contributed by atoms with Crippen LogP contribution in [0.15, 0.2) is 30.5 Å². The number of H-pyrrole nitrogens is 1. The second kappa shape index (κ2) is 5.67. The molecule has 1 aromatic carbocycles. The lowest BCUT2D eigenvalue weighted by Gasteiger charge is -2.26. The summed E-state index contributed by atoms with van der Waals surface area (Å²) in [6.07, 6.45) is 6.28. The smallest absolute Gasteiger partial charge is 0.237 e. The molecule has 4 heteroatoms. The fraction of sp³-hybridized carbons (Fsp3) is 0.438. The number of aromatic nitrogens is 1. The Kier molecular flexibility index (Phi) is 3.74. The van der Waals surface area contributed by atoms with E-state index >= 15 is 0 Å². The maximum Gasteiger partial charge on any atom is 0.237 e. The minimum atomic E-state index is -0.478. The molecule has 0 saturated heterocycles. The molecule has 1 aromatic heterocycles. The fourth-order valence-electron chi connectivity index (χ4n) is 2.70. The summed E-state index contributed by atoms with van der Waals surface area (Å²) >= 11 is 0. The van der Waals surface area contributed by atoms with Crippen molar-refractivity contribution in [3.05, 3.63) is 36.0 Å². The van der Waals surface area contributed by atoms with Gasteiger partial charge in [0, 0.05) is 23.6 Å². The van der Waals surface area contributed by atoms with Gasteiger partial charge in [-0.3, -0.25) is 4.79 Å². The van der Waals surface area contributed by atoms with Crippen LogP contribution in [0.4, 0.5) is 0 Å². The monoisotopic (exact) mass is 271 g/mol. The average molecular weight is 271 g/mol. The zero-order chi connectivity index (χ0) is 13.9. The highest BCUT2D eigenvalue weighted by Crippen LogP contribution is 2.25. The molecule has 4 nitrogen and oxygen atoms in total. The molecule has 0 unspecified atom stereocenters. The quantitative estimate of drug-likeness (QED) is 0.778. The van der Waals surface area contributed by atoms with Gasteiger partial charge in [-0.25, -0.2) is 0 Å². The molecule has 0 bridgehead atoms. The summed E-state index contributed by atoms with van der Waals surface area (Å²) in [7, 11) is 0. The Balaban J connectivity index is 1.59. The van der Waals surface area contributed by atoms with E-state index in [0.717, 1.165) is 23.0 Å². The molecule has 1 aliphatic carbocycles. The molecule has 1 heterocycles. The molecule has 106 valence electrons. The van der Waals surface area contributed by atoms with Gasteiger partial charge in [0.05, 0.1) is 6.04 Å². The molecule has 1 fully saturated rings. The summed E-state index contributed by atoms with van der Waals surface area (Å²) in [4.78, 5) is 15.2. The van der Waals surface area contributed by atoms with Crippen LogP contribution in [0.2, 0.25) is 0 Å². The number of aromatic amines is 1. The van der Waals surface area contributed by atoms with Crippen LogP contribution in [0.1, 0.15) is 24.8 Å². The van der Waals surface area contributed by atoms with Crippen molar-refractivity contribution in [1.82, 2.24) is 10.3 Å². The van der Waals surface area contributed by atoms with E-state index in [4.69, 9.17) is 5.73 Å². The highest BCUT2D eigenvalue weighted by atomic mass is 16.2. The summed E-state index contributed by atoms with van der Waals surface area (Å²) in [5.74, 6) is 0.626. The lowest BCUT2D eigenvalue weighted by molar-refractivity contribution is -0.122. The second-order valence-corrected chi connectivity index (χ2v) is 5.71. The number of carbonyl (C=O) groups excluding carboxylic acids is 1. The molecule has 3 rings (SSSR count). The van der Waals surface area contributed by atoms with Crippen molar-refractivity contribution in [3.8, 4) is 0 Å². The highest BCUT2D eigenvalue weighted by molar-refractivity contribution is 5.86. The maximum absolute atomic E-state index is 12.0. The number of amides is 1. The van der Waals surface area contributed by atoms with Crippen LogP contribution < -0.4 is 11.1 Å². The van der Waals surface area contributed by atoms with Gasteiger partial charge in [-0.1, -0.05) is 24.6 Å². The van der Waals surface area contributed by atoms with E-state index in [1.807, 2.05) is 24.4 Å². The van der Waals surface area contributed by atoms with Gasteiger partial charge in [0.2, 0.25) is 5.91 Å². The zero-order valence-corrected chi connectivity index (χ0v) is 11.6. The minimum absolute atomic E-state index is 0.0396. The van der Waals surface area contributed by atoms with E-state index in [-0.39, 0.29) is 5.91 Å². The van der Waals surface area contributed by atoms with Crippen molar-refractivity contribution in [3.63, 3.8) is 0 Å². The summed E-state index contributed by atoms with van der Waals surface area (Å²) in [6.45, 7) is 0.778. The van der Waals surface area contributed by atoms with Crippen molar-refractivity contribution >= 4 is 16.8 Å². The Bertz CT molecular complexity index is 601.